The molecule has 0 spiro atoms. The maximum absolute atomic E-state index is 11.7. The highest BCUT2D eigenvalue weighted by Crippen LogP contribution is 2.56. The first-order chi connectivity index (χ1) is 8.27. The van der Waals surface area contributed by atoms with Crippen molar-refractivity contribution in [2.24, 2.45) is 11.2 Å². The Morgan fingerprint density at radius 2 is 2.12 bits per heavy atom. The number of hydrogen-bond donors (Lipinski definition) is 0. The van der Waals surface area contributed by atoms with Crippen LogP contribution in [0.4, 0.5) is 0 Å². The molecule has 88 valence electrons. The van der Waals surface area contributed by atoms with E-state index in [0.717, 1.165) is 11.1 Å². The van der Waals surface area contributed by atoms with E-state index in [0.29, 0.717) is 6.42 Å². The quantitative estimate of drug-likeness (QED) is 0.577. The van der Waals surface area contributed by atoms with Gasteiger partial charge in [0.25, 0.3) is 0 Å². The van der Waals surface area contributed by atoms with Crippen molar-refractivity contribution < 1.29 is 9.53 Å². The number of nitroso groups, excluding NO2 is 1. The lowest BCUT2D eigenvalue weighted by Gasteiger charge is -2.19. The summed E-state index contributed by atoms with van der Waals surface area (Å²) in [6, 6.07) is 7.48. The largest absolute Gasteiger partial charge is 0.469 e. The molecule has 2 bridgehead atoms. The lowest BCUT2D eigenvalue weighted by molar-refractivity contribution is -0.146. The molecule has 5 heteroatoms. The van der Waals surface area contributed by atoms with Gasteiger partial charge in [0.1, 0.15) is 0 Å². The van der Waals surface area contributed by atoms with E-state index in [2.05, 4.69) is 5.29 Å². The van der Waals surface area contributed by atoms with Crippen molar-refractivity contribution in [2.45, 2.75) is 18.5 Å². The minimum Gasteiger partial charge on any atom is -0.469 e. The van der Waals surface area contributed by atoms with Crippen molar-refractivity contribution in [2.75, 3.05) is 7.11 Å². The topological polar surface area (TPSA) is 59.0 Å². The molecule has 2 aliphatic rings. The van der Waals surface area contributed by atoms with E-state index in [9.17, 15) is 9.70 Å². The van der Waals surface area contributed by atoms with E-state index in [4.69, 9.17) is 4.74 Å². The van der Waals surface area contributed by atoms with Gasteiger partial charge in [-0.3, -0.25) is 4.79 Å². The third-order valence-electron chi connectivity index (χ3n) is 3.73. The van der Waals surface area contributed by atoms with Crippen LogP contribution in [0.25, 0.3) is 0 Å². The summed E-state index contributed by atoms with van der Waals surface area (Å²) in [5, 5.41) is 4.56. The Morgan fingerprint density at radius 3 is 2.76 bits per heavy atom. The van der Waals surface area contributed by atoms with Crippen LogP contribution in [0.2, 0.25) is 0 Å². The van der Waals surface area contributed by atoms with Crippen LogP contribution in [-0.2, 0) is 9.53 Å². The van der Waals surface area contributed by atoms with Crippen LogP contribution < -0.4 is 0 Å². The number of benzene rings is 1. The Labute approximate surface area is 98.3 Å². The number of esters is 1. The smallest absolute Gasteiger partial charge is 0.311 e. The van der Waals surface area contributed by atoms with Gasteiger partial charge in [0.2, 0.25) is 0 Å². The molecular formula is C12H12N2O3. The predicted molar refractivity (Wildman–Crippen MR) is 59.7 cm³/mol. The Balaban J connectivity index is 2.06. The van der Waals surface area contributed by atoms with E-state index in [1.165, 1.54) is 12.1 Å². The number of methoxy groups -OCH3 is 1. The van der Waals surface area contributed by atoms with E-state index < -0.39 is 0 Å². The number of nitrogens with zero attached hydrogens (tertiary/aromatic N) is 2. The molecule has 2 heterocycles. The molecule has 17 heavy (non-hydrogen) atoms. The van der Waals surface area contributed by atoms with Crippen molar-refractivity contribution in [3.8, 4) is 0 Å². The van der Waals surface area contributed by atoms with Crippen LogP contribution in [0.1, 0.15) is 29.6 Å². The molecule has 0 N–H and O–H groups in total. The third-order valence-corrected chi connectivity index (χ3v) is 3.73. The summed E-state index contributed by atoms with van der Waals surface area (Å²) in [5.74, 6) is -0.543. The van der Waals surface area contributed by atoms with Crippen LogP contribution >= 0.6 is 0 Å². The molecule has 0 aliphatic carbocycles. The zero-order valence-electron chi connectivity index (χ0n) is 9.37. The highest BCUT2D eigenvalue weighted by Gasteiger charge is 2.53. The zero-order valence-corrected chi connectivity index (χ0v) is 9.37. The monoisotopic (exact) mass is 232 g/mol. The molecular weight excluding hydrogens is 220 g/mol. The first kappa shape index (κ1) is 10.3. The van der Waals surface area contributed by atoms with E-state index in [1.807, 2.05) is 24.3 Å². The first-order valence-corrected chi connectivity index (χ1v) is 5.56. The molecule has 0 amide bonds. The maximum Gasteiger partial charge on any atom is 0.311 e. The minimum absolute atomic E-state index is 0.0715. The number of hydrogen-bond acceptors (Lipinski definition) is 4. The summed E-state index contributed by atoms with van der Waals surface area (Å²) >= 11 is 0. The minimum atomic E-state index is -0.280. The van der Waals surface area contributed by atoms with E-state index in [1.54, 1.807) is 0 Å². The van der Waals surface area contributed by atoms with Gasteiger partial charge in [-0.05, 0) is 17.5 Å². The van der Waals surface area contributed by atoms with Crippen molar-refractivity contribution in [3.63, 3.8) is 0 Å². The molecule has 0 radical (unpaired) electrons. The molecule has 3 atom stereocenters. The summed E-state index contributed by atoms with van der Waals surface area (Å²) in [6.45, 7) is 0. The lowest BCUT2D eigenvalue weighted by atomic mass is 9.84. The second-order valence-corrected chi connectivity index (χ2v) is 4.42. The highest BCUT2D eigenvalue weighted by atomic mass is 16.5. The van der Waals surface area contributed by atoms with Gasteiger partial charge >= 0.3 is 5.97 Å². The zero-order chi connectivity index (χ0) is 12.0. The standard InChI is InChI=1S/C12H12N2O3/c1-17-12(15)9-6-10-7-4-2-3-5-8(7)11(9)14(10)13-16/h2-5,9-11H,6H2,1H3. The molecule has 1 aromatic rings. The molecule has 1 fully saturated rings. The lowest BCUT2D eigenvalue weighted by Crippen LogP contribution is -2.23. The third kappa shape index (κ3) is 1.22. The summed E-state index contributed by atoms with van der Waals surface area (Å²) in [7, 11) is 1.37. The number of carbonyl (C=O) groups excluding carboxylic acids is 1. The molecule has 1 saturated heterocycles. The van der Waals surface area contributed by atoms with Crippen LogP contribution in [0.15, 0.2) is 29.6 Å². The highest BCUT2D eigenvalue weighted by molar-refractivity contribution is 5.75. The van der Waals surface area contributed by atoms with Crippen molar-refractivity contribution in [1.29, 1.82) is 0 Å². The van der Waals surface area contributed by atoms with Crippen LogP contribution in [0, 0.1) is 10.8 Å². The average Bonchev–Trinajstić information content (AvgIpc) is 2.90. The summed E-state index contributed by atoms with van der Waals surface area (Å²) in [4.78, 5) is 22.6. The number of fused-ring (bicyclic) bond motifs is 5. The summed E-state index contributed by atoms with van der Waals surface area (Å²) < 4.78 is 4.79. The Kier molecular flexibility index (Phi) is 2.14. The van der Waals surface area contributed by atoms with Crippen molar-refractivity contribution in [1.82, 2.24) is 5.01 Å². The first-order valence-electron chi connectivity index (χ1n) is 5.56. The van der Waals surface area contributed by atoms with Crippen molar-refractivity contribution >= 4 is 5.97 Å². The fourth-order valence-electron chi connectivity index (χ4n) is 3.05. The normalized spacial score (nSPS) is 29.0. The van der Waals surface area contributed by atoms with Crippen LogP contribution in [0.3, 0.4) is 0 Å². The van der Waals surface area contributed by atoms with Crippen LogP contribution in [0.5, 0.6) is 0 Å². The molecule has 1 aromatic carbocycles. The van der Waals surface area contributed by atoms with Gasteiger partial charge in [-0.2, -0.15) is 0 Å². The molecule has 3 unspecified atom stereocenters. The fraction of sp³-hybridized carbons (Fsp3) is 0.417. The summed E-state index contributed by atoms with van der Waals surface area (Å²) in [5.41, 5.74) is 2.14. The Morgan fingerprint density at radius 1 is 1.41 bits per heavy atom. The number of ether oxygens (including phenoxy) is 1. The van der Waals surface area contributed by atoms with Gasteiger partial charge in [0.05, 0.1) is 30.4 Å². The number of rotatable bonds is 2. The second kappa shape index (κ2) is 3.55. The average molecular weight is 232 g/mol. The molecule has 2 aliphatic heterocycles. The maximum atomic E-state index is 11.7. The van der Waals surface area contributed by atoms with Gasteiger partial charge in [0.15, 0.2) is 0 Å². The SMILES string of the molecule is COC(=O)C1CC2c3ccccc3C1N2N=O. The molecule has 3 rings (SSSR count). The number of carbonyl (C=O) groups is 1. The Bertz CT molecular complexity index is 488. The van der Waals surface area contributed by atoms with Gasteiger partial charge in [-0.15, -0.1) is 4.91 Å². The van der Waals surface area contributed by atoms with Gasteiger partial charge in [-0.1, -0.05) is 24.3 Å². The van der Waals surface area contributed by atoms with Gasteiger partial charge < -0.3 is 4.74 Å². The Hall–Kier alpha value is -1.91. The van der Waals surface area contributed by atoms with E-state index in [-0.39, 0.29) is 24.0 Å². The molecule has 0 saturated carbocycles. The van der Waals surface area contributed by atoms with E-state index >= 15 is 0 Å². The van der Waals surface area contributed by atoms with Crippen LogP contribution in [-0.4, -0.2) is 18.1 Å². The van der Waals surface area contributed by atoms with Gasteiger partial charge in [0, 0.05) is 0 Å². The predicted octanol–water partition coefficient (Wildman–Crippen LogP) is 1.96. The fourth-order valence-corrected chi connectivity index (χ4v) is 3.05. The second-order valence-electron chi connectivity index (χ2n) is 4.42. The van der Waals surface area contributed by atoms with Gasteiger partial charge in [-0.25, -0.2) is 5.01 Å². The molecule has 0 aromatic heterocycles. The molecule has 5 nitrogen and oxygen atoms in total. The summed E-state index contributed by atoms with van der Waals surface area (Å²) in [6.07, 6.45) is 0.611. The van der Waals surface area contributed by atoms with Crippen molar-refractivity contribution in [3.05, 3.63) is 40.3 Å².